The van der Waals surface area contributed by atoms with Crippen molar-refractivity contribution in [3.63, 3.8) is 0 Å². The van der Waals surface area contributed by atoms with Crippen LogP contribution in [0, 0.1) is 0 Å². The molecule has 0 radical (unpaired) electrons. The van der Waals surface area contributed by atoms with Crippen LogP contribution in [-0.2, 0) is 12.0 Å². The molecular formula is C20H27N3. The highest BCUT2D eigenvalue weighted by atomic mass is 15.3. The Kier molecular flexibility index (Phi) is 4.21. The zero-order chi connectivity index (χ0) is 15.5. The molecule has 1 N–H and O–H groups in total. The first-order chi connectivity index (χ1) is 11.4. The van der Waals surface area contributed by atoms with Crippen molar-refractivity contribution < 1.29 is 0 Å². The Bertz CT molecular complexity index is 621. The van der Waals surface area contributed by atoms with Gasteiger partial charge in [-0.25, -0.2) is 0 Å². The topological polar surface area (TPSA) is 29.9 Å². The highest BCUT2D eigenvalue weighted by Gasteiger charge is 2.43. The number of nitrogens with one attached hydrogen (secondary N) is 1. The predicted octanol–water partition coefficient (Wildman–Crippen LogP) is 4.21. The van der Waals surface area contributed by atoms with Crippen molar-refractivity contribution in [1.82, 2.24) is 15.1 Å². The Hall–Kier alpha value is -1.61. The molecule has 2 aliphatic rings. The average molecular weight is 309 g/mol. The lowest BCUT2D eigenvalue weighted by molar-refractivity contribution is 0.329. The SMILES string of the molecule is c1ccc(C2(CNCc3cnn(C4CCCCC4)c3)CC2)cc1. The van der Waals surface area contributed by atoms with E-state index in [1.807, 2.05) is 6.20 Å². The van der Waals surface area contributed by atoms with E-state index < -0.39 is 0 Å². The quantitative estimate of drug-likeness (QED) is 0.866. The molecule has 0 spiro atoms. The van der Waals surface area contributed by atoms with E-state index in [-0.39, 0.29) is 0 Å². The molecule has 0 amide bonds. The normalized spacial score (nSPS) is 20.5. The van der Waals surface area contributed by atoms with Crippen molar-refractivity contribution in [2.45, 2.75) is 62.9 Å². The van der Waals surface area contributed by atoms with Crippen LogP contribution in [-0.4, -0.2) is 16.3 Å². The summed E-state index contributed by atoms with van der Waals surface area (Å²) in [4.78, 5) is 0. The molecule has 3 nitrogen and oxygen atoms in total. The molecule has 4 rings (SSSR count). The first kappa shape index (κ1) is 14.9. The molecule has 2 aromatic rings. The Balaban J connectivity index is 1.31. The van der Waals surface area contributed by atoms with E-state index in [4.69, 9.17) is 0 Å². The number of hydrogen-bond donors (Lipinski definition) is 1. The largest absolute Gasteiger partial charge is 0.312 e. The summed E-state index contributed by atoms with van der Waals surface area (Å²) in [7, 11) is 0. The zero-order valence-electron chi connectivity index (χ0n) is 13.9. The van der Waals surface area contributed by atoms with E-state index >= 15 is 0 Å². The minimum atomic E-state index is 0.390. The fourth-order valence-corrected chi connectivity index (χ4v) is 3.97. The van der Waals surface area contributed by atoms with Crippen molar-refractivity contribution in [3.05, 3.63) is 53.9 Å². The first-order valence-electron chi connectivity index (χ1n) is 9.15. The number of nitrogens with zero attached hydrogens (tertiary/aromatic N) is 2. The molecule has 23 heavy (non-hydrogen) atoms. The molecule has 0 bridgehead atoms. The minimum Gasteiger partial charge on any atom is -0.312 e. The van der Waals surface area contributed by atoms with E-state index in [1.54, 1.807) is 0 Å². The van der Waals surface area contributed by atoms with Gasteiger partial charge in [0.05, 0.1) is 12.2 Å². The standard InChI is InChI=1S/C20H27N3/c1-3-7-18(8-4-1)20(11-12-20)16-21-13-17-14-22-23(15-17)19-9-5-2-6-10-19/h1,3-4,7-8,14-15,19,21H,2,5-6,9-13,16H2. The molecule has 3 heteroatoms. The molecule has 2 saturated carbocycles. The monoisotopic (exact) mass is 309 g/mol. The lowest BCUT2D eigenvalue weighted by Crippen LogP contribution is -2.26. The fourth-order valence-electron chi connectivity index (χ4n) is 3.97. The van der Waals surface area contributed by atoms with Gasteiger partial charge in [0.25, 0.3) is 0 Å². The summed E-state index contributed by atoms with van der Waals surface area (Å²) in [5.74, 6) is 0. The number of rotatable bonds is 6. The van der Waals surface area contributed by atoms with Gasteiger partial charge in [0.15, 0.2) is 0 Å². The molecule has 1 heterocycles. The van der Waals surface area contributed by atoms with Gasteiger partial charge in [0, 0.05) is 30.3 Å². The second-order valence-corrected chi connectivity index (χ2v) is 7.37. The summed E-state index contributed by atoms with van der Waals surface area (Å²) in [6.07, 6.45) is 13.6. The number of benzene rings is 1. The van der Waals surface area contributed by atoms with Crippen LogP contribution in [0.2, 0.25) is 0 Å². The first-order valence-corrected chi connectivity index (χ1v) is 9.15. The molecule has 1 aromatic heterocycles. The van der Waals surface area contributed by atoms with Crippen molar-refractivity contribution in [1.29, 1.82) is 0 Å². The van der Waals surface area contributed by atoms with E-state index in [1.165, 1.54) is 56.1 Å². The van der Waals surface area contributed by atoms with Gasteiger partial charge in [0.1, 0.15) is 0 Å². The summed E-state index contributed by atoms with van der Waals surface area (Å²) in [5.41, 5.74) is 3.20. The van der Waals surface area contributed by atoms with Crippen LogP contribution in [0.1, 0.15) is 62.1 Å². The molecular weight excluding hydrogens is 282 g/mol. The third-order valence-electron chi connectivity index (χ3n) is 5.64. The van der Waals surface area contributed by atoms with Crippen molar-refractivity contribution in [2.24, 2.45) is 0 Å². The van der Waals surface area contributed by atoms with Gasteiger partial charge in [-0.1, -0.05) is 49.6 Å². The third-order valence-corrected chi connectivity index (χ3v) is 5.64. The van der Waals surface area contributed by atoms with Crippen LogP contribution >= 0.6 is 0 Å². The van der Waals surface area contributed by atoms with Gasteiger partial charge in [-0.2, -0.15) is 5.10 Å². The molecule has 0 atom stereocenters. The van der Waals surface area contributed by atoms with Gasteiger partial charge < -0.3 is 5.32 Å². The molecule has 122 valence electrons. The molecule has 1 aromatic carbocycles. The van der Waals surface area contributed by atoms with Gasteiger partial charge >= 0.3 is 0 Å². The maximum Gasteiger partial charge on any atom is 0.0534 e. The van der Waals surface area contributed by atoms with Crippen LogP contribution < -0.4 is 5.32 Å². The zero-order valence-corrected chi connectivity index (χ0v) is 13.9. The lowest BCUT2D eigenvalue weighted by atomic mass is 9.96. The van der Waals surface area contributed by atoms with Gasteiger partial charge in [-0.3, -0.25) is 4.68 Å². The van der Waals surface area contributed by atoms with Crippen molar-refractivity contribution >= 4 is 0 Å². The summed E-state index contributed by atoms with van der Waals surface area (Å²) in [6, 6.07) is 11.6. The summed E-state index contributed by atoms with van der Waals surface area (Å²) in [5, 5.41) is 8.27. The highest BCUT2D eigenvalue weighted by molar-refractivity contribution is 5.31. The number of hydrogen-bond acceptors (Lipinski definition) is 2. The van der Waals surface area contributed by atoms with E-state index in [0.29, 0.717) is 11.5 Å². The lowest BCUT2D eigenvalue weighted by Gasteiger charge is -2.21. The Morgan fingerprint density at radius 3 is 2.61 bits per heavy atom. The molecule has 0 saturated heterocycles. The van der Waals surface area contributed by atoms with Crippen LogP contribution in [0.3, 0.4) is 0 Å². The van der Waals surface area contributed by atoms with Gasteiger partial charge in [-0.05, 0) is 31.2 Å². The molecule has 2 aliphatic carbocycles. The van der Waals surface area contributed by atoms with Crippen LogP contribution in [0.4, 0.5) is 0 Å². The summed E-state index contributed by atoms with van der Waals surface area (Å²) < 4.78 is 2.21. The Morgan fingerprint density at radius 1 is 1.09 bits per heavy atom. The maximum absolute atomic E-state index is 4.61. The highest BCUT2D eigenvalue weighted by Crippen LogP contribution is 2.47. The van der Waals surface area contributed by atoms with Gasteiger partial charge in [0.2, 0.25) is 0 Å². The average Bonchev–Trinajstić information content (AvgIpc) is 3.26. The molecule has 2 fully saturated rings. The fraction of sp³-hybridized carbons (Fsp3) is 0.550. The number of aromatic nitrogens is 2. The van der Waals surface area contributed by atoms with Crippen LogP contribution in [0.15, 0.2) is 42.7 Å². The summed E-state index contributed by atoms with van der Waals surface area (Å²) in [6.45, 7) is 2.01. The second kappa shape index (κ2) is 6.48. The molecule has 0 aliphatic heterocycles. The smallest absolute Gasteiger partial charge is 0.0534 e. The Labute approximate surface area is 139 Å². The second-order valence-electron chi connectivity index (χ2n) is 7.37. The maximum atomic E-state index is 4.61. The van der Waals surface area contributed by atoms with E-state index in [9.17, 15) is 0 Å². The minimum absolute atomic E-state index is 0.390. The van der Waals surface area contributed by atoms with E-state index in [0.717, 1.165) is 13.1 Å². The van der Waals surface area contributed by atoms with Crippen molar-refractivity contribution in [3.8, 4) is 0 Å². The molecule has 0 unspecified atom stereocenters. The van der Waals surface area contributed by atoms with Crippen molar-refractivity contribution in [2.75, 3.05) is 6.54 Å². The van der Waals surface area contributed by atoms with E-state index in [2.05, 4.69) is 51.6 Å². The Morgan fingerprint density at radius 2 is 1.87 bits per heavy atom. The van der Waals surface area contributed by atoms with Gasteiger partial charge in [-0.15, -0.1) is 0 Å². The van der Waals surface area contributed by atoms with Crippen LogP contribution in [0.25, 0.3) is 0 Å². The van der Waals surface area contributed by atoms with Crippen LogP contribution in [0.5, 0.6) is 0 Å². The third kappa shape index (κ3) is 3.35. The predicted molar refractivity (Wildman–Crippen MR) is 93.4 cm³/mol. The summed E-state index contributed by atoms with van der Waals surface area (Å²) >= 11 is 0.